The maximum absolute atomic E-state index is 5.66. The molecule has 0 amide bonds. The second-order valence-corrected chi connectivity index (χ2v) is 3.77. The Kier molecular flexibility index (Phi) is 2.18. The summed E-state index contributed by atoms with van der Waals surface area (Å²) >= 11 is 0. The fourth-order valence-electron chi connectivity index (χ4n) is 1.81. The van der Waals surface area contributed by atoms with Crippen molar-refractivity contribution in [3.8, 4) is 0 Å². The van der Waals surface area contributed by atoms with Crippen molar-refractivity contribution in [3.05, 3.63) is 66.1 Å². The SMILES string of the molecule is c1ccc(Cc2cc3cccnc3o2)cc1. The van der Waals surface area contributed by atoms with Gasteiger partial charge < -0.3 is 4.42 Å². The molecule has 3 aromatic rings. The minimum atomic E-state index is 0.716. The van der Waals surface area contributed by atoms with E-state index in [0.29, 0.717) is 5.71 Å². The van der Waals surface area contributed by atoms with Crippen molar-refractivity contribution in [1.29, 1.82) is 0 Å². The van der Waals surface area contributed by atoms with Gasteiger partial charge in [0, 0.05) is 18.0 Å². The maximum atomic E-state index is 5.66. The van der Waals surface area contributed by atoms with Gasteiger partial charge in [-0.05, 0) is 23.8 Å². The molecule has 78 valence electrons. The number of hydrogen-bond donors (Lipinski definition) is 0. The topological polar surface area (TPSA) is 26.0 Å². The average molecular weight is 209 g/mol. The second-order valence-electron chi connectivity index (χ2n) is 3.77. The lowest BCUT2D eigenvalue weighted by Gasteiger charge is -1.95. The summed E-state index contributed by atoms with van der Waals surface area (Å²) in [6.45, 7) is 0. The molecule has 2 aromatic heterocycles. The monoisotopic (exact) mass is 209 g/mol. The summed E-state index contributed by atoms with van der Waals surface area (Å²) in [6, 6.07) is 16.3. The summed E-state index contributed by atoms with van der Waals surface area (Å²) in [5.74, 6) is 0.958. The predicted octanol–water partition coefficient (Wildman–Crippen LogP) is 3.42. The summed E-state index contributed by atoms with van der Waals surface area (Å²) in [5, 5.41) is 1.06. The van der Waals surface area contributed by atoms with Gasteiger partial charge in [0.05, 0.1) is 0 Å². The van der Waals surface area contributed by atoms with Crippen molar-refractivity contribution in [2.75, 3.05) is 0 Å². The number of rotatable bonds is 2. The highest BCUT2D eigenvalue weighted by molar-refractivity contribution is 5.73. The van der Waals surface area contributed by atoms with Crippen LogP contribution in [0, 0.1) is 0 Å². The summed E-state index contributed by atoms with van der Waals surface area (Å²) in [5.41, 5.74) is 1.97. The first-order valence-electron chi connectivity index (χ1n) is 5.29. The molecule has 0 saturated heterocycles. The predicted molar refractivity (Wildman–Crippen MR) is 63.3 cm³/mol. The molecule has 0 aliphatic rings. The highest BCUT2D eigenvalue weighted by Crippen LogP contribution is 2.19. The molecule has 0 fully saturated rings. The van der Waals surface area contributed by atoms with Gasteiger partial charge in [0.25, 0.3) is 0 Å². The van der Waals surface area contributed by atoms with Crippen molar-refractivity contribution < 1.29 is 4.42 Å². The van der Waals surface area contributed by atoms with Crippen molar-refractivity contribution in [2.24, 2.45) is 0 Å². The zero-order valence-corrected chi connectivity index (χ0v) is 8.76. The maximum Gasteiger partial charge on any atom is 0.226 e. The van der Waals surface area contributed by atoms with Gasteiger partial charge in [-0.1, -0.05) is 30.3 Å². The third-order valence-electron chi connectivity index (χ3n) is 2.57. The summed E-state index contributed by atoms with van der Waals surface area (Å²) < 4.78 is 5.66. The number of fused-ring (bicyclic) bond motifs is 1. The first-order chi connectivity index (χ1) is 7.92. The normalized spacial score (nSPS) is 10.8. The molecule has 1 aromatic carbocycles. The Hall–Kier alpha value is -2.09. The van der Waals surface area contributed by atoms with E-state index >= 15 is 0 Å². The van der Waals surface area contributed by atoms with Crippen molar-refractivity contribution >= 4 is 11.1 Å². The second kappa shape index (κ2) is 3.81. The van der Waals surface area contributed by atoms with Crippen LogP contribution in [0.2, 0.25) is 0 Å². The Bertz CT molecular complexity index is 565. The van der Waals surface area contributed by atoms with E-state index in [1.54, 1.807) is 6.20 Å². The Labute approximate surface area is 93.5 Å². The third kappa shape index (κ3) is 1.70. The number of hydrogen-bond acceptors (Lipinski definition) is 2. The van der Waals surface area contributed by atoms with E-state index in [1.807, 2.05) is 30.3 Å². The van der Waals surface area contributed by atoms with Gasteiger partial charge in [-0.2, -0.15) is 0 Å². The van der Waals surface area contributed by atoms with Gasteiger partial charge in [0.15, 0.2) is 0 Å². The molecule has 3 rings (SSSR count). The molecular weight excluding hydrogens is 198 g/mol. The molecule has 0 saturated carbocycles. The number of pyridine rings is 1. The Morgan fingerprint density at radius 2 is 1.88 bits per heavy atom. The number of furan rings is 1. The lowest BCUT2D eigenvalue weighted by molar-refractivity contribution is 0.552. The van der Waals surface area contributed by atoms with Crippen LogP contribution < -0.4 is 0 Å². The van der Waals surface area contributed by atoms with Crippen LogP contribution in [0.3, 0.4) is 0 Å². The lowest BCUT2D eigenvalue weighted by Crippen LogP contribution is -1.83. The molecule has 0 aliphatic carbocycles. The van der Waals surface area contributed by atoms with Crippen molar-refractivity contribution in [3.63, 3.8) is 0 Å². The molecule has 2 heteroatoms. The van der Waals surface area contributed by atoms with Gasteiger partial charge in [0.2, 0.25) is 5.71 Å². The zero-order chi connectivity index (χ0) is 10.8. The summed E-state index contributed by atoms with van der Waals surface area (Å²) in [7, 11) is 0. The molecule has 0 radical (unpaired) electrons. The van der Waals surface area contributed by atoms with E-state index in [-0.39, 0.29) is 0 Å². The van der Waals surface area contributed by atoms with Gasteiger partial charge in [-0.25, -0.2) is 4.98 Å². The molecule has 2 nitrogen and oxygen atoms in total. The fourth-order valence-corrected chi connectivity index (χ4v) is 1.81. The van der Waals surface area contributed by atoms with Crippen LogP contribution in [0.5, 0.6) is 0 Å². The third-order valence-corrected chi connectivity index (χ3v) is 2.57. The van der Waals surface area contributed by atoms with E-state index in [9.17, 15) is 0 Å². The number of nitrogens with zero attached hydrogens (tertiary/aromatic N) is 1. The van der Waals surface area contributed by atoms with Crippen LogP contribution in [-0.2, 0) is 6.42 Å². The van der Waals surface area contributed by atoms with Gasteiger partial charge in [0.1, 0.15) is 5.76 Å². The van der Waals surface area contributed by atoms with E-state index < -0.39 is 0 Å². The molecule has 0 atom stereocenters. The van der Waals surface area contributed by atoms with Crippen LogP contribution in [0.1, 0.15) is 11.3 Å². The van der Waals surface area contributed by atoms with Crippen LogP contribution in [-0.4, -0.2) is 4.98 Å². The fraction of sp³-hybridized carbons (Fsp3) is 0.0714. The Balaban J connectivity index is 1.95. The highest BCUT2D eigenvalue weighted by Gasteiger charge is 2.04. The number of benzene rings is 1. The summed E-state index contributed by atoms with van der Waals surface area (Å²) in [6.07, 6.45) is 2.56. The standard InChI is InChI=1S/C14H11NO/c1-2-5-11(6-3-1)9-13-10-12-7-4-8-15-14(12)16-13/h1-8,10H,9H2. The molecular formula is C14H11NO. The zero-order valence-electron chi connectivity index (χ0n) is 8.76. The highest BCUT2D eigenvalue weighted by atomic mass is 16.3. The van der Waals surface area contributed by atoms with Crippen LogP contribution in [0.4, 0.5) is 0 Å². The molecule has 2 heterocycles. The molecule has 16 heavy (non-hydrogen) atoms. The smallest absolute Gasteiger partial charge is 0.226 e. The van der Waals surface area contributed by atoms with Crippen LogP contribution >= 0.6 is 0 Å². The first kappa shape index (κ1) is 9.16. The lowest BCUT2D eigenvalue weighted by atomic mass is 10.1. The molecule has 0 bridgehead atoms. The molecule has 0 N–H and O–H groups in total. The van der Waals surface area contributed by atoms with Crippen LogP contribution in [0.25, 0.3) is 11.1 Å². The quantitative estimate of drug-likeness (QED) is 0.646. The van der Waals surface area contributed by atoms with E-state index in [2.05, 4.69) is 23.2 Å². The minimum Gasteiger partial charge on any atom is -0.442 e. The number of aromatic nitrogens is 1. The van der Waals surface area contributed by atoms with Crippen molar-refractivity contribution in [2.45, 2.75) is 6.42 Å². The first-order valence-corrected chi connectivity index (χ1v) is 5.29. The Morgan fingerprint density at radius 1 is 1.00 bits per heavy atom. The van der Waals surface area contributed by atoms with Gasteiger partial charge >= 0.3 is 0 Å². The summed E-state index contributed by atoms with van der Waals surface area (Å²) in [4.78, 5) is 4.18. The Morgan fingerprint density at radius 3 is 2.69 bits per heavy atom. The molecule has 0 aliphatic heterocycles. The minimum absolute atomic E-state index is 0.716. The van der Waals surface area contributed by atoms with Crippen LogP contribution in [0.15, 0.2) is 59.1 Å². The van der Waals surface area contributed by atoms with Gasteiger partial charge in [-0.3, -0.25) is 0 Å². The molecule has 0 unspecified atom stereocenters. The van der Waals surface area contributed by atoms with Crippen molar-refractivity contribution in [1.82, 2.24) is 4.98 Å². The average Bonchev–Trinajstić information content (AvgIpc) is 2.72. The molecule has 0 spiro atoms. The largest absolute Gasteiger partial charge is 0.442 e. The van der Waals surface area contributed by atoms with Gasteiger partial charge in [-0.15, -0.1) is 0 Å². The van der Waals surface area contributed by atoms with E-state index in [0.717, 1.165) is 17.6 Å². The van der Waals surface area contributed by atoms with E-state index in [1.165, 1.54) is 5.56 Å². The van der Waals surface area contributed by atoms with E-state index in [4.69, 9.17) is 4.42 Å².